The van der Waals surface area contributed by atoms with Gasteiger partial charge in [0.2, 0.25) is 0 Å². The first-order valence-corrected chi connectivity index (χ1v) is 11.1. The summed E-state index contributed by atoms with van der Waals surface area (Å²) >= 11 is 0. The molecular formula is C22H29N5O2. The quantitative estimate of drug-likeness (QED) is 0.839. The molecule has 2 saturated carbocycles. The molecule has 7 nitrogen and oxygen atoms in total. The van der Waals surface area contributed by atoms with Gasteiger partial charge < -0.3 is 10.2 Å². The second kappa shape index (κ2) is 7.43. The van der Waals surface area contributed by atoms with Gasteiger partial charge in [-0.1, -0.05) is 24.4 Å². The van der Waals surface area contributed by atoms with Crippen molar-refractivity contribution in [1.29, 1.82) is 0 Å². The first-order valence-electron chi connectivity index (χ1n) is 11.1. The minimum atomic E-state index is -0.312. The van der Waals surface area contributed by atoms with Crippen LogP contribution in [0.2, 0.25) is 0 Å². The third kappa shape index (κ3) is 3.40. The molecule has 2 aliphatic carbocycles. The topological polar surface area (TPSA) is 81.4 Å². The maximum absolute atomic E-state index is 11.7. The van der Waals surface area contributed by atoms with E-state index in [1.807, 2.05) is 17.1 Å². The van der Waals surface area contributed by atoms with Crippen LogP contribution in [0.3, 0.4) is 0 Å². The molecule has 0 saturated heterocycles. The molecule has 0 unspecified atom stereocenters. The third-order valence-corrected chi connectivity index (χ3v) is 6.79. The van der Waals surface area contributed by atoms with Gasteiger partial charge in [-0.05, 0) is 32.6 Å². The Morgan fingerprint density at radius 2 is 2.00 bits per heavy atom. The molecule has 0 aromatic carbocycles. The molecule has 7 heteroatoms. The first kappa shape index (κ1) is 18.6. The van der Waals surface area contributed by atoms with Crippen LogP contribution in [0.1, 0.15) is 76.7 Å². The maximum atomic E-state index is 11.7. The van der Waals surface area contributed by atoms with E-state index < -0.39 is 0 Å². The predicted octanol–water partition coefficient (Wildman–Crippen LogP) is 4.20. The highest BCUT2D eigenvalue weighted by molar-refractivity contribution is 6.10. The molecule has 1 N–H and O–H groups in total. The highest BCUT2D eigenvalue weighted by Gasteiger charge is 2.43. The summed E-state index contributed by atoms with van der Waals surface area (Å²) in [6.07, 6.45) is 13.6. The van der Waals surface area contributed by atoms with Gasteiger partial charge in [0, 0.05) is 43.6 Å². The average molecular weight is 396 g/mol. The Bertz CT molecular complexity index is 948. The zero-order chi connectivity index (χ0) is 19.8. The predicted molar refractivity (Wildman–Crippen MR) is 112 cm³/mol. The van der Waals surface area contributed by atoms with E-state index in [0.29, 0.717) is 24.7 Å². The number of Topliss-reactive ketones (excluding diaryl/α,β-unsaturated/α-hetero) is 1. The van der Waals surface area contributed by atoms with Crippen LogP contribution in [0.25, 0.3) is 11.0 Å². The van der Waals surface area contributed by atoms with Crippen LogP contribution in [0, 0.1) is 0 Å². The Morgan fingerprint density at radius 3 is 2.76 bits per heavy atom. The monoisotopic (exact) mass is 395 g/mol. The molecule has 0 radical (unpaired) electrons. The normalized spacial score (nSPS) is 22.1. The van der Waals surface area contributed by atoms with E-state index in [4.69, 9.17) is 9.82 Å². The maximum Gasteiger partial charge on any atom is 0.159 e. The van der Waals surface area contributed by atoms with E-state index in [0.717, 1.165) is 53.8 Å². The number of pyridine rings is 1. The van der Waals surface area contributed by atoms with E-state index in [2.05, 4.69) is 22.5 Å². The molecule has 154 valence electrons. The summed E-state index contributed by atoms with van der Waals surface area (Å²) in [6.45, 7) is 2.87. The molecular weight excluding hydrogens is 366 g/mol. The average Bonchev–Trinajstić information content (AvgIpc) is 3.36. The van der Waals surface area contributed by atoms with Crippen molar-refractivity contribution in [2.24, 2.45) is 5.16 Å². The number of nitrogens with one attached hydrogen (secondary N) is 1. The van der Waals surface area contributed by atoms with E-state index in [1.165, 1.54) is 32.1 Å². The van der Waals surface area contributed by atoms with Crippen molar-refractivity contribution < 1.29 is 9.63 Å². The number of ketones is 1. The van der Waals surface area contributed by atoms with Crippen LogP contribution in [0.5, 0.6) is 0 Å². The second-order valence-electron chi connectivity index (χ2n) is 8.75. The fourth-order valence-electron chi connectivity index (χ4n) is 5.00. The number of rotatable bonds is 4. The van der Waals surface area contributed by atoms with Crippen molar-refractivity contribution in [3.8, 4) is 0 Å². The number of carbonyl (C=O) groups is 1. The van der Waals surface area contributed by atoms with E-state index in [9.17, 15) is 4.79 Å². The highest BCUT2D eigenvalue weighted by Crippen LogP contribution is 2.40. The van der Waals surface area contributed by atoms with Gasteiger partial charge in [0.15, 0.2) is 5.65 Å². The van der Waals surface area contributed by atoms with Crippen LogP contribution >= 0.6 is 0 Å². The Morgan fingerprint density at radius 1 is 1.21 bits per heavy atom. The molecule has 3 aliphatic rings. The van der Waals surface area contributed by atoms with Crippen molar-refractivity contribution in [3.63, 3.8) is 0 Å². The number of hydrogen-bond acceptors (Lipinski definition) is 6. The summed E-state index contributed by atoms with van der Waals surface area (Å²) < 4.78 is 1.94. The van der Waals surface area contributed by atoms with Gasteiger partial charge in [-0.2, -0.15) is 5.10 Å². The standard InChI is InChI=1S/C22H29N5O2/c1-2-27-21-18(14-24-27)20(25-15-6-4-3-5-7-15)17(13-23-21)19-12-22(29-26-19)10-8-16(28)9-11-22/h13-15H,2-12H2,1H3,(H,23,25). The van der Waals surface area contributed by atoms with Crippen molar-refractivity contribution in [2.45, 2.75) is 89.3 Å². The molecule has 5 rings (SSSR count). The van der Waals surface area contributed by atoms with E-state index >= 15 is 0 Å². The van der Waals surface area contributed by atoms with Gasteiger partial charge in [0.05, 0.1) is 23.0 Å². The Balaban J connectivity index is 1.49. The molecule has 1 spiro atoms. The van der Waals surface area contributed by atoms with E-state index in [1.54, 1.807) is 0 Å². The zero-order valence-corrected chi connectivity index (χ0v) is 17.1. The Labute approximate surface area is 170 Å². The van der Waals surface area contributed by atoms with Crippen LogP contribution in [-0.2, 0) is 16.2 Å². The fourth-order valence-corrected chi connectivity index (χ4v) is 5.00. The number of aryl methyl sites for hydroxylation is 1. The minimum absolute atomic E-state index is 0.312. The molecule has 29 heavy (non-hydrogen) atoms. The van der Waals surface area contributed by atoms with Gasteiger partial charge in [-0.15, -0.1) is 0 Å². The summed E-state index contributed by atoms with van der Waals surface area (Å²) in [4.78, 5) is 22.4. The number of fused-ring (bicyclic) bond motifs is 1. The van der Waals surface area contributed by atoms with Gasteiger partial charge >= 0.3 is 0 Å². The summed E-state index contributed by atoms with van der Waals surface area (Å²) in [7, 11) is 0. The summed E-state index contributed by atoms with van der Waals surface area (Å²) in [5, 5.41) is 13.9. The fraction of sp³-hybridized carbons (Fsp3) is 0.636. The van der Waals surface area contributed by atoms with Crippen LogP contribution < -0.4 is 5.32 Å². The number of carbonyl (C=O) groups excluding carboxylic acids is 1. The molecule has 0 amide bonds. The lowest BCUT2D eigenvalue weighted by molar-refractivity contribution is -0.127. The van der Waals surface area contributed by atoms with Crippen LogP contribution in [0.4, 0.5) is 5.69 Å². The Kier molecular flexibility index (Phi) is 4.76. The molecule has 2 aromatic rings. The Hall–Kier alpha value is -2.44. The lowest BCUT2D eigenvalue weighted by Gasteiger charge is -2.30. The number of aromatic nitrogens is 3. The summed E-state index contributed by atoms with van der Waals surface area (Å²) in [5.41, 5.74) is 3.65. The molecule has 0 atom stereocenters. The smallest absolute Gasteiger partial charge is 0.159 e. The van der Waals surface area contributed by atoms with Crippen LogP contribution in [-0.4, -0.2) is 37.9 Å². The van der Waals surface area contributed by atoms with Crippen molar-refractivity contribution in [1.82, 2.24) is 14.8 Å². The zero-order valence-electron chi connectivity index (χ0n) is 17.1. The molecule has 0 bridgehead atoms. The summed E-state index contributed by atoms with van der Waals surface area (Å²) in [5.74, 6) is 0.336. The summed E-state index contributed by atoms with van der Waals surface area (Å²) in [6, 6.07) is 0.474. The molecule has 1 aliphatic heterocycles. The van der Waals surface area contributed by atoms with Crippen LogP contribution in [0.15, 0.2) is 17.5 Å². The largest absolute Gasteiger partial charge is 0.389 e. The van der Waals surface area contributed by atoms with Crippen molar-refractivity contribution in [2.75, 3.05) is 5.32 Å². The molecule has 3 heterocycles. The third-order valence-electron chi connectivity index (χ3n) is 6.79. The molecule has 2 aromatic heterocycles. The van der Waals surface area contributed by atoms with Crippen molar-refractivity contribution in [3.05, 3.63) is 18.0 Å². The SMILES string of the molecule is CCn1ncc2c(NC3CCCCC3)c(C3=NOC4(CCC(=O)CC4)C3)cnc21. The lowest BCUT2D eigenvalue weighted by atomic mass is 9.80. The van der Waals surface area contributed by atoms with E-state index in [-0.39, 0.29) is 5.60 Å². The van der Waals surface area contributed by atoms with Crippen molar-refractivity contribution >= 4 is 28.2 Å². The van der Waals surface area contributed by atoms with Gasteiger partial charge in [-0.3, -0.25) is 4.79 Å². The minimum Gasteiger partial charge on any atom is -0.389 e. The molecule has 2 fully saturated rings. The van der Waals surface area contributed by atoms with Gasteiger partial charge in [-0.25, -0.2) is 9.67 Å². The van der Waals surface area contributed by atoms with Gasteiger partial charge in [0.25, 0.3) is 0 Å². The second-order valence-corrected chi connectivity index (χ2v) is 8.75. The first-order chi connectivity index (χ1) is 14.2. The number of oxime groups is 1. The number of hydrogen-bond donors (Lipinski definition) is 1. The lowest BCUT2D eigenvalue weighted by Crippen LogP contribution is -2.34. The highest BCUT2D eigenvalue weighted by atomic mass is 16.7. The number of anilines is 1. The number of nitrogens with zero attached hydrogens (tertiary/aromatic N) is 4. The van der Waals surface area contributed by atoms with Gasteiger partial charge in [0.1, 0.15) is 11.4 Å².